The number of aryl methyl sites for hydroxylation is 1. The Morgan fingerprint density at radius 2 is 2.24 bits per heavy atom. The molecule has 0 bridgehead atoms. The van der Waals surface area contributed by atoms with Gasteiger partial charge >= 0.3 is 6.03 Å². The highest BCUT2D eigenvalue weighted by molar-refractivity contribution is 5.85. The van der Waals surface area contributed by atoms with Crippen molar-refractivity contribution in [2.45, 2.75) is 45.2 Å². The van der Waals surface area contributed by atoms with Crippen LogP contribution in [0.25, 0.3) is 10.9 Å². The Hall–Kier alpha value is -2.04. The van der Waals surface area contributed by atoms with E-state index in [-0.39, 0.29) is 23.9 Å². The van der Waals surface area contributed by atoms with Gasteiger partial charge in [-0.1, -0.05) is 0 Å². The highest BCUT2D eigenvalue weighted by atomic mass is 19.1. The zero-order valence-electron chi connectivity index (χ0n) is 12.3. The number of rotatable bonds is 2. The van der Waals surface area contributed by atoms with Crippen molar-refractivity contribution < 1.29 is 9.18 Å². The van der Waals surface area contributed by atoms with Gasteiger partial charge in [0.25, 0.3) is 0 Å². The first-order valence-corrected chi connectivity index (χ1v) is 7.39. The summed E-state index contributed by atoms with van der Waals surface area (Å²) in [7, 11) is 0. The van der Waals surface area contributed by atoms with Crippen molar-refractivity contribution in [1.82, 2.24) is 15.6 Å². The molecule has 1 aliphatic carbocycles. The highest BCUT2D eigenvalue weighted by Gasteiger charge is 2.23. The molecule has 5 heteroatoms. The number of fused-ring (bicyclic) bond motifs is 3. The van der Waals surface area contributed by atoms with Crippen molar-refractivity contribution in [2.75, 3.05) is 0 Å². The minimum Gasteiger partial charge on any atom is -0.358 e. The molecule has 2 aromatic rings. The summed E-state index contributed by atoms with van der Waals surface area (Å²) in [5, 5.41) is 6.77. The lowest BCUT2D eigenvalue weighted by Gasteiger charge is -2.24. The molecule has 2 amide bonds. The second-order valence-corrected chi connectivity index (χ2v) is 5.98. The third-order valence-electron chi connectivity index (χ3n) is 3.90. The number of amides is 2. The van der Waals surface area contributed by atoms with E-state index in [1.165, 1.54) is 6.07 Å². The monoisotopic (exact) mass is 289 g/mol. The molecule has 1 aromatic carbocycles. The molecule has 0 aliphatic heterocycles. The maximum atomic E-state index is 13.4. The Labute approximate surface area is 123 Å². The van der Waals surface area contributed by atoms with Crippen molar-refractivity contribution in [3.63, 3.8) is 0 Å². The molecule has 1 aromatic heterocycles. The fourth-order valence-corrected chi connectivity index (χ4v) is 3.00. The van der Waals surface area contributed by atoms with Gasteiger partial charge in [0.2, 0.25) is 0 Å². The smallest absolute Gasteiger partial charge is 0.315 e. The zero-order valence-corrected chi connectivity index (χ0v) is 12.3. The van der Waals surface area contributed by atoms with Crippen LogP contribution in [0, 0.1) is 5.82 Å². The van der Waals surface area contributed by atoms with E-state index in [0.717, 1.165) is 41.4 Å². The predicted octanol–water partition coefficient (Wildman–Crippen LogP) is 2.87. The van der Waals surface area contributed by atoms with Gasteiger partial charge in [-0.15, -0.1) is 0 Å². The molecule has 0 spiro atoms. The summed E-state index contributed by atoms with van der Waals surface area (Å²) >= 11 is 0. The molecule has 4 nitrogen and oxygen atoms in total. The van der Waals surface area contributed by atoms with Crippen molar-refractivity contribution in [2.24, 2.45) is 0 Å². The van der Waals surface area contributed by atoms with Gasteiger partial charge in [0.15, 0.2) is 0 Å². The van der Waals surface area contributed by atoms with Crippen LogP contribution in [0.2, 0.25) is 0 Å². The van der Waals surface area contributed by atoms with E-state index in [2.05, 4.69) is 15.6 Å². The number of H-pyrrole nitrogens is 1. The molecule has 3 rings (SSSR count). The summed E-state index contributed by atoms with van der Waals surface area (Å²) in [5.74, 6) is -0.225. The zero-order chi connectivity index (χ0) is 15.0. The van der Waals surface area contributed by atoms with Crippen LogP contribution in [0.4, 0.5) is 9.18 Å². The number of hydrogen-bond acceptors (Lipinski definition) is 1. The van der Waals surface area contributed by atoms with Crippen LogP contribution in [0.1, 0.15) is 31.5 Å². The van der Waals surface area contributed by atoms with E-state index in [1.807, 2.05) is 13.8 Å². The maximum absolute atomic E-state index is 13.4. The summed E-state index contributed by atoms with van der Waals surface area (Å²) in [4.78, 5) is 15.2. The Balaban J connectivity index is 1.79. The van der Waals surface area contributed by atoms with Crippen LogP contribution < -0.4 is 10.6 Å². The van der Waals surface area contributed by atoms with Crippen LogP contribution in [-0.2, 0) is 12.8 Å². The van der Waals surface area contributed by atoms with Gasteiger partial charge < -0.3 is 15.6 Å². The van der Waals surface area contributed by atoms with Crippen LogP contribution >= 0.6 is 0 Å². The first kappa shape index (κ1) is 13.9. The number of hydrogen-bond donors (Lipinski definition) is 3. The molecule has 21 heavy (non-hydrogen) atoms. The number of carbonyl (C=O) groups is 1. The third-order valence-corrected chi connectivity index (χ3v) is 3.90. The number of benzene rings is 1. The van der Waals surface area contributed by atoms with Gasteiger partial charge in [-0.2, -0.15) is 0 Å². The average Bonchev–Trinajstić information content (AvgIpc) is 2.75. The van der Waals surface area contributed by atoms with Crippen LogP contribution in [0.15, 0.2) is 18.2 Å². The van der Waals surface area contributed by atoms with Crippen LogP contribution in [0.3, 0.4) is 0 Å². The van der Waals surface area contributed by atoms with Gasteiger partial charge in [-0.05, 0) is 56.9 Å². The van der Waals surface area contributed by atoms with E-state index < -0.39 is 0 Å². The first-order chi connectivity index (χ1) is 10.0. The second kappa shape index (κ2) is 5.39. The molecular weight excluding hydrogens is 269 g/mol. The second-order valence-electron chi connectivity index (χ2n) is 5.98. The molecule has 1 unspecified atom stereocenters. The number of nitrogens with one attached hydrogen (secondary N) is 3. The van der Waals surface area contributed by atoms with Gasteiger partial charge in [0.05, 0.1) is 0 Å². The van der Waals surface area contributed by atoms with Gasteiger partial charge in [-0.3, -0.25) is 0 Å². The summed E-state index contributed by atoms with van der Waals surface area (Å²) in [6, 6.07) is 4.89. The van der Waals surface area contributed by atoms with Crippen molar-refractivity contribution in [3.05, 3.63) is 35.3 Å². The van der Waals surface area contributed by atoms with Gasteiger partial charge in [0.1, 0.15) is 5.82 Å². The van der Waals surface area contributed by atoms with Crippen molar-refractivity contribution in [1.29, 1.82) is 0 Å². The van der Waals surface area contributed by atoms with E-state index in [9.17, 15) is 9.18 Å². The Morgan fingerprint density at radius 1 is 1.43 bits per heavy atom. The molecule has 0 saturated heterocycles. The molecule has 1 atom stereocenters. The summed E-state index contributed by atoms with van der Waals surface area (Å²) in [6.45, 7) is 3.86. The molecule has 1 heterocycles. The number of halogens is 1. The van der Waals surface area contributed by atoms with Crippen LogP contribution in [-0.4, -0.2) is 23.1 Å². The number of aromatic amines is 1. The summed E-state index contributed by atoms with van der Waals surface area (Å²) < 4.78 is 13.4. The number of carbonyl (C=O) groups excluding carboxylic acids is 1. The van der Waals surface area contributed by atoms with E-state index in [1.54, 1.807) is 12.1 Å². The molecule has 0 fully saturated rings. The topological polar surface area (TPSA) is 56.9 Å². The van der Waals surface area contributed by atoms with Crippen molar-refractivity contribution in [3.8, 4) is 0 Å². The van der Waals surface area contributed by atoms with Gasteiger partial charge in [0, 0.05) is 28.7 Å². The van der Waals surface area contributed by atoms with Gasteiger partial charge in [-0.25, -0.2) is 9.18 Å². The normalized spacial score (nSPS) is 17.8. The SMILES string of the molecule is CC(C)NC(=O)NC1CCc2[nH]c3ccc(F)cc3c2C1. The minimum absolute atomic E-state index is 0.0958. The Morgan fingerprint density at radius 3 is 3.00 bits per heavy atom. The van der Waals surface area contributed by atoms with E-state index >= 15 is 0 Å². The summed E-state index contributed by atoms with van der Waals surface area (Å²) in [5.41, 5.74) is 3.26. The standard InChI is InChI=1S/C16H20FN3O/c1-9(2)18-16(21)19-11-4-6-15-13(8-11)12-7-10(17)3-5-14(12)20-15/h3,5,7,9,11,20H,4,6,8H2,1-2H3,(H2,18,19,21). The summed E-state index contributed by atoms with van der Waals surface area (Å²) in [6.07, 6.45) is 2.51. The van der Waals surface area contributed by atoms with Crippen molar-refractivity contribution >= 4 is 16.9 Å². The lowest BCUT2D eigenvalue weighted by Crippen LogP contribution is -2.46. The van der Waals surface area contributed by atoms with Crippen LogP contribution in [0.5, 0.6) is 0 Å². The number of aromatic nitrogens is 1. The Kier molecular flexibility index (Phi) is 3.57. The largest absolute Gasteiger partial charge is 0.358 e. The molecule has 0 radical (unpaired) electrons. The van der Waals surface area contributed by atoms with E-state index in [0.29, 0.717) is 0 Å². The quantitative estimate of drug-likeness (QED) is 0.782. The molecule has 1 aliphatic rings. The minimum atomic E-state index is -0.225. The lowest BCUT2D eigenvalue weighted by molar-refractivity contribution is 0.233. The highest BCUT2D eigenvalue weighted by Crippen LogP contribution is 2.29. The average molecular weight is 289 g/mol. The Bertz CT molecular complexity index is 677. The third kappa shape index (κ3) is 2.86. The van der Waals surface area contributed by atoms with E-state index in [4.69, 9.17) is 0 Å². The molecular formula is C16H20FN3O. The molecule has 112 valence electrons. The fraction of sp³-hybridized carbons (Fsp3) is 0.438. The predicted molar refractivity (Wildman–Crippen MR) is 80.9 cm³/mol. The lowest BCUT2D eigenvalue weighted by atomic mass is 9.91. The maximum Gasteiger partial charge on any atom is 0.315 e. The molecule has 3 N–H and O–H groups in total. The number of urea groups is 1. The fourth-order valence-electron chi connectivity index (χ4n) is 3.00. The first-order valence-electron chi connectivity index (χ1n) is 7.39. The molecule has 0 saturated carbocycles.